The first kappa shape index (κ1) is 20.7. The number of phenols is 1. The maximum absolute atomic E-state index is 12.8. The second-order valence-electron chi connectivity index (χ2n) is 7.25. The number of hydrogen-bond acceptors (Lipinski definition) is 7. The van der Waals surface area contributed by atoms with E-state index in [0.717, 1.165) is 0 Å². The van der Waals surface area contributed by atoms with E-state index in [9.17, 15) is 19.8 Å². The summed E-state index contributed by atoms with van der Waals surface area (Å²) < 4.78 is 16.1. The lowest BCUT2D eigenvalue weighted by atomic mass is 9.77. The Hall–Kier alpha value is -3.06. The summed E-state index contributed by atoms with van der Waals surface area (Å²) in [6.07, 6.45) is 4.33. The number of aryl methyl sites for hydroxylation is 1. The van der Waals surface area contributed by atoms with Gasteiger partial charge in [0, 0.05) is 18.1 Å². The molecule has 1 aliphatic heterocycles. The first-order valence-corrected chi connectivity index (χ1v) is 9.24. The minimum atomic E-state index is -1.90. The summed E-state index contributed by atoms with van der Waals surface area (Å²) in [7, 11) is 1.45. The Morgan fingerprint density at radius 3 is 2.72 bits per heavy atom. The third kappa shape index (κ3) is 3.78. The van der Waals surface area contributed by atoms with Crippen LogP contribution in [0, 0.1) is 6.92 Å². The molecule has 0 aromatic heterocycles. The van der Waals surface area contributed by atoms with Crippen molar-refractivity contribution in [1.29, 1.82) is 0 Å². The average molecular weight is 400 g/mol. The maximum atomic E-state index is 12.8. The van der Waals surface area contributed by atoms with Crippen molar-refractivity contribution < 1.29 is 34.0 Å². The fraction of sp³-hybridized carbons (Fsp3) is 0.364. The highest BCUT2D eigenvalue weighted by atomic mass is 16.6. The van der Waals surface area contributed by atoms with Crippen LogP contribution >= 0.6 is 0 Å². The Morgan fingerprint density at radius 2 is 2.10 bits per heavy atom. The van der Waals surface area contributed by atoms with Gasteiger partial charge in [-0.15, -0.1) is 0 Å². The van der Waals surface area contributed by atoms with Crippen molar-refractivity contribution in [3.63, 3.8) is 0 Å². The molecule has 2 unspecified atom stereocenters. The lowest BCUT2D eigenvalue weighted by Gasteiger charge is -2.38. The number of ketones is 1. The van der Waals surface area contributed by atoms with Crippen LogP contribution in [0.1, 0.15) is 36.2 Å². The number of methoxy groups -OCH3 is 1. The summed E-state index contributed by atoms with van der Waals surface area (Å²) in [4.78, 5) is 25.6. The molecule has 3 rings (SSSR count). The molecule has 1 aliphatic carbocycles. The van der Waals surface area contributed by atoms with Crippen LogP contribution in [0.5, 0.6) is 11.5 Å². The van der Waals surface area contributed by atoms with Crippen molar-refractivity contribution in [3.8, 4) is 11.5 Å². The Morgan fingerprint density at radius 1 is 1.38 bits per heavy atom. The van der Waals surface area contributed by atoms with E-state index < -0.39 is 23.5 Å². The number of rotatable bonds is 4. The van der Waals surface area contributed by atoms with Crippen molar-refractivity contribution in [1.82, 2.24) is 0 Å². The van der Waals surface area contributed by atoms with Crippen molar-refractivity contribution in [2.45, 2.75) is 38.9 Å². The Kier molecular flexibility index (Phi) is 5.53. The Bertz CT molecular complexity index is 927. The van der Waals surface area contributed by atoms with E-state index in [1.807, 2.05) is 13.0 Å². The molecule has 7 heteroatoms. The standard InChI is InChI=1S/C22H24O7/c1-5-6-14-8-13-9-18(22(3,26)20(24)16(13)11-28-14)29-21(25)19-12(2)7-15(27-4)10-17(19)23/h5-8,10,18,23,26H,9,11H2,1-4H3/b6-5+. The molecule has 1 aromatic carbocycles. The predicted molar refractivity (Wildman–Crippen MR) is 105 cm³/mol. The Balaban J connectivity index is 1.91. The summed E-state index contributed by atoms with van der Waals surface area (Å²) in [5.74, 6) is -0.670. The molecule has 7 nitrogen and oxygen atoms in total. The van der Waals surface area contributed by atoms with Gasteiger partial charge in [0.2, 0.25) is 0 Å². The lowest BCUT2D eigenvalue weighted by Crippen LogP contribution is -2.53. The van der Waals surface area contributed by atoms with Gasteiger partial charge in [-0.3, -0.25) is 4.79 Å². The second kappa shape index (κ2) is 7.75. The van der Waals surface area contributed by atoms with Crippen LogP contribution < -0.4 is 4.74 Å². The number of benzene rings is 1. The van der Waals surface area contributed by atoms with Crippen LogP contribution in [0.15, 0.2) is 47.3 Å². The first-order chi connectivity index (χ1) is 13.7. The minimum absolute atomic E-state index is 0.0362. The molecule has 0 saturated carbocycles. The number of carbonyl (C=O) groups excluding carboxylic acids is 2. The van der Waals surface area contributed by atoms with Crippen LogP contribution in [0.25, 0.3) is 0 Å². The summed E-state index contributed by atoms with van der Waals surface area (Å²) in [5, 5.41) is 21.0. The van der Waals surface area contributed by atoms with Gasteiger partial charge in [0.15, 0.2) is 11.4 Å². The van der Waals surface area contributed by atoms with E-state index >= 15 is 0 Å². The molecule has 0 spiro atoms. The van der Waals surface area contributed by atoms with Gasteiger partial charge in [-0.2, -0.15) is 0 Å². The summed E-state index contributed by atoms with van der Waals surface area (Å²) >= 11 is 0. The highest BCUT2D eigenvalue weighted by molar-refractivity contribution is 6.05. The van der Waals surface area contributed by atoms with Gasteiger partial charge in [-0.05, 0) is 50.1 Å². The van der Waals surface area contributed by atoms with Gasteiger partial charge < -0.3 is 24.4 Å². The topological polar surface area (TPSA) is 102 Å². The Labute approximate surface area is 168 Å². The fourth-order valence-electron chi connectivity index (χ4n) is 3.52. The molecule has 1 aromatic rings. The molecule has 0 saturated heterocycles. The van der Waals surface area contributed by atoms with Crippen molar-refractivity contribution >= 4 is 11.8 Å². The van der Waals surface area contributed by atoms with Crippen molar-refractivity contribution in [2.75, 3.05) is 13.7 Å². The van der Waals surface area contributed by atoms with E-state index in [-0.39, 0.29) is 24.3 Å². The largest absolute Gasteiger partial charge is 0.507 e. The molecular formula is C22H24O7. The highest BCUT2D eigenvalue weighted by Gasteiger charge is 2.48. The van der Waals surface area contributed by atoms with Crippen LogP contribution in [0.2, 0.25) is 0 Å². The number of aliphatic hydroxyl groups is 1. The average Bonchev–Trinajstić information content (AvgIpc) is 2.65. The molecule has 0 fully saturated rings. The number of allylic oxidation sites excluding steroid dienone is 3. The molecule has 0 amide bonds. The zero-order valence-corrected chi connectivity index (χ0v) is 16.8. The third-order valence-corrected chi connectivity index (χ3v) is 5.16. The molecule has 2 N–H and O–H groups in total. The van der Waals surface area contributed by atoms with E-state index in [2.05, 4.69) is 0 Å². The van der Waals surface area contributed by atoms with E-state index in [1.165, 1.54) is 20.1 Å². The third-order valence-electron chi connectivity index (χ3n) is 5.16. The molecule has 0 bridgehead atoms. The normalized spacial score (nSPS) is 24.1. The van der Waals surface area contributed by atoms with Crippen molar-refractivity contribution in [2.24, 2.45) is 0 Å². The lowest BCUT2D eigenvalue weighted by molar-refractivity contribution is -0.146. The minimum Gasteiger partial charge on any atom is -0.507 e. The molecule has 0 radical (unpaired) electrons. The number of carbonyl (C=O) groups is 2. The zero-order valence-electron chi connectivity index (χ0n) is 16.8. The van der Waals surface area contributed by atoms with E-state index in [1.54, 1.807) is 25.1 Å². The molecule has 1 heterocycles. The molecule has 2 atom stereocenters. The predicted octanol–water partition coefficient (Wildman–Crippen LogP) is 2.75. The molecule has 2 aliphatic rings. The monoisotopic (exact) mass is 400 g/mol. The second-order valence-corrected chi connectivity index (χ2v) is 7.25. The van der Waals surface area contributed by atoms with Crippen LogP contribution in [0.3, 0.4) is 0 Å². The van der Waals surface area contributed by atoms with Gasteiger partial charge >= 0.3 is 5.97 Å². The maximum Gasteiger partial charge on any atom is 0.342 e. The summed E-state index contributed by atoms with van der Waals surface area (Å²) in [6.45, 7) is 4.86. The van der Waals surface area contributed by atoms with Gasteiger partial charge in [-0.1, -0.05) is 6.08 Å². The highest BCUT2D eigenvalue weighted by Crippen LogP contribution is 2.37. The number of Topliss-reactive ketones (excluding diaryl/α,β-unsaturated/α-hetero) is 1. The molecule has 29 heavy (non-hydrogen) atoms. The van der Waals surface area contributed by atoms with Gasteiger partial charge in [0.05, 0.1) is 7.11 Å². The van der Waals surface area contributed by atoms with Crippen LogP contribution in [0.4, 0.5) is 0 Å². The SMILES string of the molecule is C/C=C/C1=CC2=C(CO1)C(=O)C(C)(O)C(OC(=O)c1c(C)cc(OC)cc1O)C2. The van der Waals surface area contributed by atoms with E-state index in [0.29, 0.717) is 28.2 Å². The fourth-order valence-corrected chi connectivity index (χ4v) is 3.52. The van der Waals surface area contributed by atoms with E-state index in [4.69, 9.17) is 14.2 Å². The quantitative estimate of drug-likeness (QED) is 0.749. The number of hydrogen-bond donors (Lipinski definition) is 2. The van der Waals surface area contributed by atoms with Gasteiger partial charge in [-0.25, -0.2) is 4.79 Å². The molecular weight excluding hydrogens is 376 g/mol. The van der Waals surface area contributed by atoms with Crippen LogP contribution in [-0.2, 0) is 14.3 Å². The summed E-state index contributed by atoms with van der Waals surface area (Å²) in [5.41, 5.74) is -0.450. The first-order valence-electron chi connectivity index (χ1n) is 9.24. The van der Waals surface area contributed by atoms with Crippen LogP contribution in [-0.4, -0.2) is 47.4 Å². The number of esters is 1. The summed E-state index contributed by atoms with van der Waals surface area (Å²) in [6, 6.07) is 2.89. The smallest absolute Gasteiger partial charge is 0.342 e. The number of phenolic OH excluding ortho intramolecular Hbond substituents is 1. The number of aromatic hydroxyl groups is 1. The molecule has 154 valence electrons. The zero-order chi connectivity index (χ0) is 21.3. The number of ether oxygens (including phenoxy) is 3. The van der Waals surface area contributed by atoms with Gasteiger partial charge in [0.25, 0.3) is 0 Å². The van der Waals surface area contributed by atoms with Gasteiger partial charge in [0.1, 0.15) is 35.5 Å². The van der Waals surface area contributed by atoms with Crippen molar-refractivity contribution in [3.05, 3.63) is 58.4 Å².